The number of nitrogens with one attached hydrogen (secondary N) is 3. The Morgan fingerprint density at radius 1 is 1.09 bits per heavy atom. The van der Waals surface area contributed by atoms with Gasteiger partial charge in [-0.25, -0.2) is 21.9 Å². The molecular weight excluding hydrogens is 463 g/mol. The van der Waals surface area contributed by atoms with Crippen molar-refractivity contribution in [2.45, 2.75) is 44.2 Å². The van der Waals surface area contributed by atoms with Gasteiger partial charge < -0.3 is 20.7 Å². The fraction of sp³-hybridized carbons (Fsp3) is 0.391. The summed E-state index contributed by atoms with van der Waals surface area (Å²) < 4.78 is 44.9. The second kappa shape index (κ2) is 12.3. The molecule has 3 N–H and O–H groups in total. The third-order valence-electron chi connectivity index (χ3n) is 4.84. The van der Waals surface area contributed by atoms with E-state index in [-0.39, 0.29) is 35.3 Å². The third-order valence-corrected chi connectivity index (χ3v) is 6.67. The summed E-state index contributed by atoms with van der Waals surface area (Å²) >= 11 is 0. The van der Waals surface area contributed by atoms with Crippen LogP contribution >= 0.6 is 0 Å². The topological polar surface area (TPSA) is 117 Å². The van der Waals surface area contributed by atoms with Crippen molar-refractivity contribution in [1.82, 2.24) is 14.9 Å². The highest BCUT2D eigenvalue weighted by Gasteiger charge is 2.25. The van der Waals surface area contributed by atoms with Gasteiger partial charge in [0.25, 0.3) is 0 Å². The highest BCUT2D eigenvalue weighted by molar-refractivity contribution is 7.89. The van der Waals surface area contributed by atoms with Gasteiger partial charge in [0.05, 0.1) is 6.61 Å². The molecule has 0 fully saturated rings. The van der Waals surface area contributed by atoms with Crippen molar-refractivity contribution in [3.8, 4) is 5.75 Å². The lowest BCUT2D eigenvalue weighted by Gasteiger charge is -2.20. The molecule has 0 aromatic heterocycles. The molecule has 0 aliphatic carbocycles. The van der Waals surface area contributed by atoms with Crippen LogP contribution in [0.1, 0.15) is 32.3 Å². The van der Waals surface area contributed by atoms with E-state index < -0.39 is 28.0 Å². The molecule has 0 saturated carbocycles. The number of halogens is 1. The Hall–Kier alpha value is -3.18. The van der Waals surface area contributed by atoms with Gasteiger partial charge in [-0.05, 0) is 49.2 Å². The Morgan fingerprint density at radius 3 is 2.35 bits per heavy atom. The molecular formula is C23H31FN4O5S. The van der Waals surface area contributed by atoms with E-state index in [0.29, 0.717) is 18.4 Å². The standard InChI is InChI=1S/C23H31FN4O5S/c1-5-7-19(27-23(30)25-15-16-8-10-17(24)11-9-16)22(29)26-18-12-13-20(33-6-2)21(14-18)34(31,32)28(3)4/h8-14,19H,5-7,15H2,1-4H3,(H,26,29)(H2,25,27,30). The molecule has 1 unspecified atom stereocenters. The molecule has 11 heteroatoms. The van der Waals surface area contributed by atoms with Gasteiger partial charge in [-0.1, -0.05) is 25.5 Å². The van der Waals surface area contributed by atoms with Crippen LogP contribution in [0.2, 0.25) is 0 Å². The van der Waals surface area contributed by atoms with E-state index in [0.717, 1.165) is 4.31 Å². The molecule has 0 heterocycles. The molecule has 3 amide bonds. The van der Waals surface area contributed by atoms with Crippen LogP contribution in [0.25, 0.3) is 0 Å². The Kier molecular flexibility index (Phi) is 9.82. The molecule has 0 aliphatic rings. The highest BCUT2D eigenvalue weighted by atomic mass is 32.2. The van der Waals surface area contributed by atoms with Crippen LogP contribution in [-0.2, 0) is 21.4 Å². The monoisotopic (exact) mass is 494 g/mol. The van der Waals surface area contributed by atoms with Crippen LogP contribution in [0.3, 0.4) is 0 Å². The van der Waals surface area contributed by atoms with Crippen LogP contribution in [0.5, 0.6) is 5.75 Å². The van der Waals surface area contributed by atoms with Crippen LogP contribution < -0.4 is 20.7 Å². The number of hydrogen-bond acceptors (Lipinski definition) is 5. The first-order valence-electron chi connectivity index (χ1n) is 10.9. The number of rotatable bonds is 11. The minimum atomic E-state index is -3.82. The molecule has 2 aromatic rings. The molecule has 34 heavy (non-hydrogen) atoms. The summed E-state index contributed by atoms with van der Waals surface area (Å²) in [4.78, 5) is 25.1. The van der Waals surface area contributed by atoms with E-state index in [1.807, 2.05) is 6.92 Å². The van der Waals surface area contributed by atoms with Gasteiger partial charge in [-0.2, -0.15) is 0 Å². The lowest BCUT2D eigenvalue weighted by atomic mass is 10.1. The lowest BCUT2D eigenvalue weighted by molar-refractivity contribution is -0.118. The Labute approximate surface area is 199 Å². The number of nitrogens with zero attached hydrogens (tertiary/aromatic N) is 1. The Balaban J connectivity index is 2.12. The van der Waals surface area contributed by atoms with Gasteiger partial charge in [0.15, 0.2) is 0 Å². The van der Waals surface area contributed by atoms with Crippen molar-refractivity contribution in [3.05, 3.63) is 53.8 Å². The summed E-state index contributed by atoms with van der Waals surface area (Å²) in [5, 5.41) is 7.93. The van der Waals surface area contributed by atoms with Gasteiger partial charge >= 0.3 is 6.03 Å². The first-order chi connectivity index (χ1) is 16.1. The van der Waals surface area contributed by atoms with Gasteiger partial charge in [0.2, 0.25) is 15.9 Å². The number of carbonyl (C=O) groups excluding carboxylic acids is 2. The zero-order chi connectivity index (χ0) is 25.3. The molecule has 1 atom stereocenters. The van der Waals surface area contributed by atoms with E-state index in [1.54, 1.807) is 19.1 Å². The molecule has 0 saturated heterocycles. The van der Waals surface area contributed by atoms with Crippen molar-refractivity contribution < 1.29 is 27.1 Å². The molecule has 0 radical (unpaired) electrons. The average Bonchev–Trinajstić information content (AvgIpc) is 2.79. The van der Waals surface area contributed by atoms with E-state index in [2.05, 4.69) is 16.0 Å². The SMILES string of the molecule is CCCC(NC(=O)NCc1ccc(F)cc1)C(=O)Nc1ccc(OCC)c(S(=O)(=O)N(C)C)c1. The maximum absolute atomic E-state index is 13.0. The minimum Gasteiger partial charge on any atom is -0.492 e. The smallest absolute Gasteiger partial charge is 0.315 e. The van der Waals surface area contributed by atoms with Gasteiger partial charge in [0, 0.05) is 26.3 Å². The van der Waals surface area contributed by atoms with Crippen molar-refractivity contribution in [2.24, 2.45) is 0 Å². The number of anilines is 1. The van der Waals surface area contributed by atoms with Crippen LogP contribution in [-0.4, -0.2) is 51.4 Å². The second-order valence-electron chi connectivity index (χ2n) is 7.67. The number of carbonyl (C=O) groups is 2. The van der Waals surface area contributed by atoms with Gasteiger partial charge in [-0.15, -0.1) is 0 Å². The predicted molar refractivity (Wildman–Crippen MR) is 128 cm³/mol. The quantitative estimate of drug-likeness (QED) is 0.444. The second-order valence-corrected chi connectivity index (χ2v) is 9.79. The van der Waals surface area contributed by atoms with E-state index in [9.17, 15) is 22.4 Å². The molecule has 0 spiro atoms. The minimum absolute atomic E-state index is 0.0748. The average molecular weight is 495 g/mol. The summed E-state index contributed by atoms with van der Waals surface area (Å²) in [6.45, 7) is 4.05. The summed E-state index contributed by atoms with van der Waals surface area (Å²) in [7, 11) is -1.01. The van der Waals surface area contributed by atoms with Crippen molar-refractivity contribution in [2.75, 3.05) is 26.0 Å². The van der Waals surface area contributed by atoms with Crippen LogP contribution in [0.15, 0.2) is 47.4 Å². The van der Waals surface area contributed by atoms with E-state index >= 15 is 0 Å². The number of ether oxygens (including phenoxy) is 1. The fourth-order valence-electron chi connectivity index (χ4n) is 3.04. The number of hydrogen-bond donors (Lipinski definition) is 3. The maximum Gasteiger partial charge on any atom is 0.315 e. The summed E-state index contributed by atoms with van der Waals surface area (Å²) in [6.07, 6.45) is 0.996. The molecule has 2 rings (SSSR count). The normalized spacial score (nSPS) is 12.2. The highest BCUT2D eigenvalue weighted by Crippen LogP contribution is 2.29. The predicted octanol–water partition coefficient (Wildman–Crippen LogP) is 3.08. The number of benzene rings is 2. The zero-order valence-electron chi connectivity index (χ0n) is 19.7. The summed E-state index contributed by atoms with van der Waals surface area (Å²) in [6, 6.07) is 8.64. The third kappa shape index (κ3) is 7.42. The van der Waals surface area contributed by atoms with Crippen molar-refractivity contribution >= 4 is 27.6 Å². The van der Waals surface area contributed by atoms with E-state index in [4.69, 9.17) is 4.74 Å². The zero-order valence-corrected chi connectivity index (χ0v) is 20.5. The van der Waals surface area contributed by atoms with Gasteiger partial charge in [0.1, 0.15) is 22.5 Å². The molecule has 0 bridgehead atoms. The van der Waals surface area contributed by atoms with Crippen LogP contribution in [0.4, 0.5) is 14.9 Å². The number of urea groups is 1. The Morgan fingerprint density at radius 2 is 1.76 bits per heavy atom. The number of amides is 3. The van der Waals surface area contributed by atoms with Gasteiger partial charge in [-0.3, -0.25) is 4.79 Å². The van der Waals surface area contributed by atoms with Crippen molar-refractivity contribution in [3.63, 3.8) is 0 Å². The maximum atomic E-state index is 13.0. The van der Waals surface area contributed by atoms with E-state index in [1.165, 1.54) is 44.4 Å². The number of sulfonamides is 1. The largest absolute Gasteiger partial charge is 0.492 e. The Bertz CT molecular complexity index is 1090. The first-order valence-corrected chi connectivity index (χ1v) is 12.3. The molecule has 2 aromatic carbocycles. The lowest BCUT2D eigenvalue weighted by Crippen LogP contribution is -2.47. The van der Waals surface area contributed by atoms with Crippen LogP contribution in [0, 0.1) is 5.82 Å². The summed E-state index contributed by atoms with van der Waals surface area (Å²) in [5.41, 5.74) is 0.959. The molecule has 0 aliphatic heterocycles. The van der Waals surface area contributed by atoms with Crippen molar-refractivity contribution in [1.29, 1.82) is 0 Å². The summed E-state index contributed by atoms with van der Waals surface area (Å²) in [5.74, 6) is -0.683. The molecule has 186 valence electrons. The molecule has 9 nitrogen and oxygen atoms in total. The fourth-order valence-corrected chi connectivity index (χ4v) is 4.09. The first kappa shape index (κ1) is 27.1.